The Morgan fingerprint density at radius 3 is 1.45 bits per heavy atom. The summed E-state index contributed by atoms with van der Waals surface area (Å²) in [5, 5.41) is 4.64. The molecule has 0 aromatic heterocycles. The fourth-order valence-electron chi connectivity index (χ4n) is 9.10. The molecule has 0 bridgehead atoms. The second kappa shape index (κ2) is 14.2. The molecule has 0 N–H and O–H groups in total. The average Bonchev–Trinajstić information content (AvgIpc) is 3.65. The molecule has 4 aromatic carbocycles. The van der Waals surface area contributed by atoms with Gasteiger partial charge in [-0.3, -0.25) is 0 Å². The molecule has 0 radical (unpaired) electrons. The van der Waals surface area contributed by atoms with Crippen LogP contribution in [0.4, 0.5) is 0 Å². The summed E-state index contributed by atoms with van der Waals surface area (Å²) in [6, 6.07) is 30.3. The highest BCUT2D eigenvalue weighted by Crippen LogP contribution is 2.56. The van der Waals surface area contributed by atoms with Gasteiger partial charge < -0.3 is 0 Å². The van der Waals surface area contributed by atoms with E-state index in [0.29, 0.717) is 4.58 Å². The van der Waals surface area contributed by atoms with E-state index in [2.05, 4.69) is 179 Å². The Hall–Kier alpha value is -1.99. The third-order valence-electron chi connectivity index (χ3n) is 12.3. The molecule has 1 aliphatic heterocycles. The number of hydrogen-bond donors (Lipinski definition) is 0. The van der Waals surface area contributed by atoms with Crippen molar-refractivity contribution in [2.75, 3.05) is 11.5 Å². The van der Waals surface area contributed by atoms with E-state index >= 15 is 0 Å². The lowest BCUT2D eigenvalue weighted by Crippen LogP contribution is -2.34. The van der Waals surface area contributed by atoms with Crippen molar-refractivity contribution < 1.29 is 0 Å². The van der Waals surface area contributed by atoms with Crippen LogP contribution in [-0.4, -0.2) is 16.1 Å². The van der Waals surface area contributed by atoms with Crippen molar-refractivity contribution in [3.8, 4) is 0 Å². The molecule has 0 amide bonds. The van der Waals surface area contributed by atoms with Gasteiger partial charge in [-0.05, 0) is 146 Å². The summed E-state index contributed by atoms with van der Waals surface area (Å²) in [4.78, 5) is 0. The van der Waals surface area contributed by atoms with Gasteiger partial charge in [-0.2, -0.15) is 0 Å². The van der Waals surface area contributed by atoms with Crippen molar-refractivity contribution in [1.82, 2.24) is 0 Å². The SMILES string of the molecule is CC(C)(C)c1cc(P(c2cc(C(C)(C)C)cc(C(C)(C)C)c2)c2cccc3c2[C@]2(CCc4cccc(CC5SCCCS5)c42)CC3)cc(C(C)(C)C)c1. The minimum absolute atomic E-state index is 0.0507. The molecule has 1 heterocycles. The Kier molecular flexibility index (Phi) is 10.5. The molecule has 1 atom stereocenters. The minimum Gasteiger partial charge on any atom is -0.147 e. The predicted molar refractivity (Wildman–Crippen MR) is 241 cm³/mol. The maximum absolute atomic E-state index is 2.62. The van der Waals surface area contributed by atoms with Gasteiger partial charge in [0.2, 0.25) is 0 Å². The molecule has 1 saturated heterocycles. The zero-order valence-electron chi connectivity index (χ0n) is 34.9. The van der Waals surface area contributed by atoms with Crippen LogP contribution in [0.25, 0.3) is 0 Å². The summed E-state index contributed by atoms with van der Waals surface area (Å²) in [7, 11) is -0.868. The van der Waals surface area contributed by atoms with Gasteiger partial charge in [-0.1, -0.05) is 156 Å². The van der Waals surface area contributed by atoms with Crippen molar-refractivity contribution in [1.29, 1.82) is 0 Å². The molecule has 0 nitrogen and oxygen atoms in total. The molecule has 2 aliphatic carbocycles. The van der Waals surface area contributed by atoms with Gasteiger partial charge in [0.15, 0.2) is 0 Å². The highest BCUT2D eigenvalue weighted by Gasteiger charge is 2.48. The molecule has 0 unspecified atom stereocenters. The first-order chi connectivity index (χ1) is 24.8. The molecule has 3 heteroatoms. The first-order valence-corrected chi connectivity index (χ1v) is 23.8. The molecular weight excluding hydrogens is 696 g/mol. The third kappa shape index (κ3) is 7.74. The second-order valence-corrected chi connectivity index (χ2v) is 25.6. The fraction of sp³-hybridized carbons (Fsp3) is 0.520. The van der Waals surface area contributed by atoms with E-state index in [-0.39, 0.29) is 27.1 Å². The number of rotatable bonds is 5. The number of aryl methyl sites for hydroxylation is 2. The summed E-state index contributed by atoms with van der Waals surface area (Å²) in [6.45, 7) is 28.8. The molecule has 7 rings (SSSR count). The largest absolute Gasteiger partial charge is 0.147 e. The van der Waals surface area contributed by atoms with E-state index in [4.69, 9.17) is 0 Å². The Bertz CT molecular complexity index is 1840. The van der Waals surface area contributed by atoms with Crippen LogP contribution in [0.3, 0.4) is 0 Å². The zero-order valence-corrected chi connectivity index (χ0v) is 37.5. The summed E-state index contributed by atoms with van der Waals surface area (Å²) in [6.07, 6.45) is 7.39. The lowest BCUT2D eigenvalue weighted by Gasteiger charge is -2.35. The minimum atomic E-state index is -0.868. The van der Waals surface area contributed by atoms with E-state index in [0.717, 1.165) is 0 Å². The Morgan fingerprint density at radius 1 is 0.566 bits per heavy atom. The smallest absolute Gasteiger partial charge is 0.0542 e. The van der Waals surface area contributed by atoms with Crippen molar-refractivity contribution >= 4 is 47.4 Å². The van der Waals surface area contributed by atoms with Gasteiger partial charge in [0.25, 0.3) is 0 Å². The lowest BCUT2D eigenvalue weighted by atomic mass is 9.74. The molecule has 1 spiro atoms. The molecule has 0 saturated carbocycles. The normalized spacial score (nSPS) is 19.6. The number of benzene rings is 4. The number of thioether (sulfide) groups is 2. The van der Waals surface area contributed by atoms with Crippen LogP contribution in [0, 0.1) is 0 Å². The van der Waals surface area contributed by atoms with Crippen LogP contribution in [0.15, 0.2) is 72.8 Å². The van der Waals surface area contributed by atoms with E-state index in [1.165, 1.54) is 82.9 Å². The van der Waals surface area contributed by atoms with Crippen LogP contribution < -0.4 is 15.9 Å². The highest BCUT2D eigenvalue weighted by atomic mass is 32.2. The maximum Gasteiger partial charge on any atom is 0.0542 e. The average molecular weight is 761 g/mol. The summed E-state index contributed by atoms with van der Waals surface area (Å²) in [5.74, 6) is 2.62. The maximum atomic E-state index is 2.62. The second-order valence-electron chi connectivity index (χ2n) is 20.4. The van der Waals surface area contributed by atoms with Crippen LogP contribution in [0.5, 0.6) is 0 Å². The van der Waals surface area contributed by atoms with Crippen LogP contribution in [0.1, 0.15) is 152 Å². The standard InChI is InChI=1S/C50H65PS2/c1-46(2,3)36-27-37(47(4,5)6)30-40(29-36)51(41-31-38(48(7,8)9)28-39(32-41)49(10,11)12)42-19-14-17-34-21-23-50(45(34)42)22-20-33-16-13-18-35(44(33)50)26-43-52-24-15-25-53-43/h13-14,16-19,27-32,43H,15,20-26H2,1-12H3/t50-/m1/s1. The molecule has 4 aromatic rings. The number of hydrogen-bond acceptors (Lipinski definition) is 2. The monoisotopic (exact) mass is 760 g/mol. The quantitative estimate of drug-likeness (QED) is 0.186. The molecule has 53 heavy (non-hydrogen) atoms. The van der Waals surface area contributed by atoms with Gasteiger partial charge in [-0.25, -0.2) is 0 Å². The van der Waals surface area contributed by atoms with Crippen molar-refractivity contribution in [3.05, 3.63) is 123 Å². The predicted octanol–water partition coefficient (Wildman–Crippen LogP) is 12.6. The van der Waals surface area contributed by atoms with Gasteiger partial charge in [-0.15, -0.1) is 23.5 Å². The fourth-order valence-corrected chi connectivity index (χ4v) is 14.7. The Balaban J connectivity index is 1.52. The molecule has 1 fully saturated rings. The summed E-state index contributed by atoms with van der Waals surface area (Å²) in [5.41, 5.74) is 14.4. The summed E-state index contributed by atoms with van der Waals surface area (Å²) < 4.78 is 0.674. The van der Waals surface area contributed by atoms with Crippen molar-refractivity contribution in [3.63, 3.8) is 0 Å². The third-order valence-corrected chi connectivity index (χ3v) is 17.7. The topological polar surface area (TPSA) is 0 Å². The van der Waals surface area contributed by atoms with Gasteiger partial charge in [0, 0.05) is 5.41 Å². The molecular formula is C50H65PS2. The van der Waals surface area contributed by atoms with Gasteiger partial charge >= 0.3 is 0 Å². The van der Waals surface area contributed by atoms with Crippen LogP contribution >= 0.6 is 31.4 Å². The molecule has 3 aliphatic rings. The first kappa shape index (κ1) is 39.3. The van der Waals surface area contributed by atoms with Gasteiger partial charge in [0.05, 0.1) is 4.58 Å². The van der Waals surface area contributed by atoms with E-state index in [9.17, 15) is 0 Å². The van der Waals surface area contributed by atoms with E-state index < -0.39 is 7.92 Å². The summed E-state index contributed by atoms with van der Waals surface area (Å²) >= 11 is 4.40. The van der Waals surface area contributed by atoms with Crippen LogP contribution in [-0.2, 0) is 46.3 Å². The van der Waals surface area contributed by atoms with Gasteiger partial charge in [0.1, 0.15) is 0 Å². The van der Waals surface area contributed by atoms with E-state index in [1.54, 1.807) is 33.1 Å². The Labute approximate surface area is 333 Å². The number of fused-ring (bicyclic) bond motifs is 4. The van der Waals surface area contributed by atoms with Crippen LogP contribution in [0.2, 0.25) is 0 Å². The zero-order chi connectivity index (χ0) is 38.1. The van der Waals surface area contributed by atoms with E-state index in [1.807, 2.05) is 0 Å². The first-order valence-electron chi connectivity index (χ1n) is 20.3. The van der Waals surface area contributed by atoms with Crippen molar-refractivity contribution in [2.24, 2.45) is 0 Å². The Morgan fingerprint density at radius 2 is 1.00 bits per heavy atom. The lowest BCUT2D eigenvalue weighted by molar-refractivity contribution is 0.506. The van der Waals surface area contributed by atoms with Crippen molar-refractivity contribution in [2.45, 2.75) is 153 Å². The highest BCUT2D eigenvalue weighted by molar-refractivity contribution is 8.17. The molecule has 282 valence electrons.